The summed E-state index contributed by atoms with van der Waals surface area (Å²) in [5.41, 5.74) is 0. The van der Waals surface area contributed by atoms with Crippen LogP contribution in [-0.2, 0) is 13.6 Å². The van der Waals surface area contributed by atoms with Gasteiger partial charge >= 0.3 is 8.56 Å². The highest BCUT2D eigenvalue weighted by Gasteiger charge is 2.33. The number of hydrogen-bond donors (Lipinski definition) is 0. The Morgan fingerprint density at radius 2 is 1.14 bits per heavy atom. The van der Waals surface area contributed by atoms with Crippen LogP contribution in [0.25, 0.3) is 0 Å². The van der Waals surface area contributed by atoms with Crippen molar-refractivity contribution in [1.29, 1.82) is 0 Å². The van der Waals surface area contributed by atoms with E-state index in [0.717, 1.165) is 25.3 Å². The monoisotopic (exact) mass is 332 g/mol. The minimum absolute atomic E-state index is 0.680. The van der Waals surface area contributed by atoms with Gasteiger partial charge in [0.05, 0.1) is 13.2 Å². The topological polar surface area (TPSA) is 27.7 Å². The van der Waals surface area contributed by atoms with E-state index in [0.29, 0.717) is 13.2 Å². The Kier molecular flexibility index (Phi) is 16.0. The van der Waals surface area contributed by atoms with E-state index in [4.69, 9.17) is 13.6 Å². The molecule has 0 rings (SSSR count). The first-order chi connectivity index (χ1) is 10.7. The molecule has 0 bridgehead atoms. The lowest BCUT2D eigenvalue weighted by Gasteiger charge is -2.28. The number of ether oxygens (including phenoxy) is 1. The summed E-state index contributed by atoms with van der Waals surface area (Å²) >= 11 is 0. The zero-order chi connectivity index (χ0) is 16.5. The fourth-order valence-corrected chi connectivity index (χ4v) is 5.00. The van der Waals surface area contributed by atoms with Gasteiger partial charge < -0.3 is 13.6 Å². The second kappa shape index (κ2) is 16.0. The van der Waals surface area contributed by atoms with Gasteiger partial charge in [-0.05, 0) is 25.4 Å². The van der Waals surface area contributed by atoms with Crippen LogP contribution in [0.1, 0.15) is 79.1 Å². The minimum Gasteiger partial charge on any atom is -0.394 e. The van der Waals surface area contributed by atoms with Gasteiger partial charge in [0.15, 0.2) is 0 Å². The lowest BCUT2D eigenvalue weighted by atomic mass is 10.1. The van der Waals surface area contributed by atoms with E-state index in [1.807, 2.05) is 6.92 Å². The van der Waals surface area contributed by atoms with Crippen molar-refractivity contribution in [3.63, 3.8) is 0 Å². The summed E-state index contributed by atoms with van der Waals surface area (Å²) < 4.78 is 17.7. The fourth-order valence-electron chi connectivity index (χ4n) is 2.62. The highest BCUT2D eigenvalue weighted by atomic mass is 28.4. The Balaban J connectivity index is 3.67. The van der Waals surface area contributed by atoms with Gasteiger partial charge in [-0.3, -0.25) is 0 Å². The fraction of sp³-hybridized carbons (Fsp3) is 1.00. The van der Waals surface area contributed by atoms with E-state index in [-0.39, 0.29) is 0 Å². The third-order valence-electron chi connectivity index (χ3n) is 4.24. The molecule has 0 saturated carbocycles. The lowest BCUT2D eigenvalue weighted by molar-refractivity contribution is 0.0846. The van der Waals surface area contributed by atoms with Crippen LogP contribution in [0, 0.1) is 0 Å². The first kappa shape index (κ1) is 22.1. The van der Waals surface area contributed by atoms with E-state index in [9.17, 15) is 0 Å². The van der Waals surface area contributed by atoms with Gasteiger partial charge in [0.1, 0.15) is 0 Å². The molecule has 0 aliphatic carbocycles. The van der Waals surface area contributed by atoms with Gasteiger partial charge in [-0.1, -0.05) is 65.7 Å². The number of unbranched alkanes of at least 4 members (excludes halogenated alkanes) is 7. The Labute approximate surface area is 140 Å². The molecule has 0 fully saturated rings. The molecular formula is C18H40O3Si. The lowest BCUT2D eigenvalue weighted by Crippen LogP contribution is -2.42. The molecule has 0 atom stereocenters. The van der Waals surface area contributed by atoms with Crippen molar-refractivity contribution in [2.24, 2.45) is 0 Å². The highest BCUT2D eigenvalue weighted by Crippen LogP contribution is 2.19. The van der Waals surface area contributed by atoms with Gasteiger partial charge in [0.2, 0.25) is 0 Å². The third-order valence-corrected chi connectivity index (χ3v) is 7.85. The molecule has 0 amide bonds. The van der Waals surface area contributed by atoms with E-state index in [1.54, 1.807) is 0 Å². The SMILES string of the molecule is CCCCCCCCCCO[Si](CC)(CC)OCCOCC. The number of rotatable bonds is 17. The van der Waals surface area contributed by atoms with Crippen molar-refractivity contribution in [3.05, 3.63) is 0 Å². The van der Waals surface area contributed by atoms with Crippen LogP contribution in [0.5, 0.6) is 0 Å². The average Bonchev–Trinajstić information content (AvgIpc) is 2.55. The normalized spacial score (nSPS) is 12.0. The van der Waals surface area contributed by atoms with Gasteiger partial charge in [-0.25, -0.2) is 0 Å². The molecular weight excluding hydrogens is 292 g/mol. The smallest absolute Gasteiger partial charge is 0.337 e. The van der Waals surface area contributed by atoms with Crippen LogP contribution in [0.3, 0.4) is 0 Å². The molecule has 3 nitrogen and oxygen atoms in total. The summed E-state index contributed by atoms with van der Waals surface area (Å²) in [7, 11) is -1.96. The molecule has 0 aliphatic rings. The Morgan fingerprint density at radius 1 is 0.591 bits per heavy atom. The van der Waals surface area contributed by atoms with Crippen molar-refractivity contribution >= 4 is 8.56 Å². The van der Waals surface area contributed by atoms with Crippen molar-refractivity contribution in [1.82, 2.24) is 0 Å². The molecule has 0 aromatic rings. The van der Waals surface area contributed by atoms with Crippen LogP contribution in [0.2, 0.25) is 12.1 Å². The van der Waals surface area contributed by atoms with E-state index in [2.05, 4.69) is 20.8 Å². The molecule has 0 unspecified atom stereocenters. The van der Waals surface area contributed by atoms with E-state index >= 15 is 0 Å². The summed E-state index contributed by atoms with van der Waals surface area (Å²) in [6, 6.07) is 2.07. The average molecular weight is 333 g/mol. The molecule has 0 aliphatic heterocycles. The van der Waals surface area contributed by atoms with Crippen LogP contribution >= 0.6 is 0 Å². The molecule has 0 heterocycles. The second-order valence-corrected chi connectivity index (χ2v) is 9.80. The maximum atomic E-state index is 6.21. The molecule has 0 spiro atoms. The largest absolute Gasteiger partial charge is 0.394 e. The van der Waals surface area contributed by atoms with Crippen molar-refractivity contribution in [2.75, 3.05) is 26.4 Å². The predicted molar refractivity (Wildman–Crippen MR) is 97.7 cm³/mol. The standard InChI is InChI=1S/C18H40O3Si/c1-5-9-10-11-12-13-14-15-16-20-22(7-3,8-4)21-18-17-19-6-2/h5-18H2,1-4H3. The first-order valence-corrected chi connectivity index (χ1v) is 11.8. The zero-order valence-corrected chi connectivity index (χ0v) is 16.6. The molecule has 22 heavy (non-hydrogen) atoms. The molecule has 0 aromatic heterocycles. The van der Waals surface area contributed by atoms with Gasteiger partial charge in [0, 0.05) is 13.2 Å². The third kappa shape index (κ3) is 11.6. The Hall–Kier alpha value is 0.0969. The van der Waals surface area contributed by atoms with Gasteiger partial charge in [-0.2, -0.15) is 0 Å². The highest BCUT2D eigenvalue weighted by molar-refractivity contribution is 6.67. The molecule has 0 aromatic carbocycles. The zero-order valence-electron chi connectivity index (χ0n) is 15.6. The first-order valence-electron chi connectivity index (χ1n) is 9.60. The minimum atomic E-state index is -1.96. The second-order valence-electron chi connectivity index (χ2n) is 5.99. The maximum Gasteiger partial charge on any atom is 0.337 e. The summed E-state index contributed by atoms with van der Waals surface area (Å²) in [6.45, 7) is 11.7. The van der Waals surface area contributed by atoms with Crippen LogP contribution < -0.4 is 0 Å². The van der Waals surface area contributed by atoms with Crippen LogP contribution in [0.15, 0.2) is 0 Å². The molecule has 134 valence electrons. The van der Waals surface area contributed by atoms with Gasteiger partial charge in [-0.15, -0.1) is 0 Å². The Morgan fingerprint density at radius 3 is 1.68 bits per heavy atom. The molecule has 0 saturated heterocycles. The summed E-state index contributed by atoms with van der Waals surface area (Å²) in [4.78, 5) is 0. The van der Waals surface area contributed by atoms with Crippen molar-refractivity contribution in [3.8, 4) is 0 Å². The molecule has 0 radical (unpaired) electrons. The van der Waals surface area contributed by atoms with Crippen LogP contribution in [0.4, 0.5) is 0 Å². The molecule has 0 N–H and O–H groups in total. The summed E-state index contributed by atoms with van der Waals surface area (Å²) in [5, 5.41) is 0. The maximum absolute atomic E-state index is 6.21. The summed E-state index contributed by atoms with van der Waals surface area (Å²) in [5.74, 6) is 0. The van der Waals surface area contributed by atoms with Crippen molar-refractivity contribution in [2.45, 2.75) is 91.1 Å². The van der Waals surface area contributed by atoms with Crippen molar-refractivity contribution < 1.29 is 13.6 Å². The van der Waals surface area contributed by atoms with Gasteiger partial charge in [0.25, 0.3) is 0 Å². The molecule has 4 heteroatoms. The number of hydrogen-bond acceptors (Lipinski definition) is 3. The van der Waals surface area contributed by atoms with E-state index < -0.39 is 8.56 Å². The quantitative estimate of drug-likeness (QED) is 0.253. The predicted octanol–water partition coefficient (Wildman–Crippen LogP) is 5.68. The Bertz CT molecular complexity index is 220. The van der Waals surface area contributed by atoms with Crippen LogP contribution in [-0.4, -0.2) is 35.0 Å². The summed E-state index contributed by atoms with van der Waals surface area (Å²) in [6.07, 6.45) is 10.7. The van der Waals surface area contributed by atoms with E-state index in [1.165, 1.54) is 51.4 Å².